The van der Waals surface area contributed by atoms with E-state index in [0.29, 0.717) is 31.2 Å². The second kappa shape index (κ2) is 8.02. The lowest BCUT2D eigenvalue weighted by molar-refractivity contribution is 0.0307. The highest BCUT2D eigenvalue weighted by atomic mass is 16.5. The second-order valence-electron chi connectivity index (χ2n) is 6.05. The van der Waals surface area contributed by atoms with Gasteiger partial charge < -0.3 is 20.1 Å². The van der Waals surface area contributed by atoms with E-state index in [0.717, 1.165) is 18.9 Å². The van der Waals surface area contributed by atoms with Crippen LogP contribution in [-0.2, 0) is 11.2 Å². The summed E-state index contributed by atoms with van der Waals surface area (Å²) in [6, 6.07) is 2.61. The molecule has 0 saturated carbocycles. The first-order chi connectivity index (χ1) is 11.0. The Morgan fingerprint density at radius 2 is 1.91 bits per heavy atom. The number of carbonyl (C=O) groups is 1. The van der Waals surface area contributed by atoms with Crippen LogP contribution in [0.4, 0.5) is 0 Å². The highest BCUT2D eigenvalue weighted by Gasteiger charge is 2.21. The SMILES string of the molecule is C[C@H]1CCC[C@@H](O)CCC=CCc2cc(O)cc(O)c2C(=O)O1. The number of ether oxygens (including phenoxy) is 1. The summed E-state index contributed by atoms with van der Waals surface area (Å²) >= 11 is 0. The molecule has 1 aliphatic heterocycles. The zero-order valence-corrected chi connectivity index (χ0v) is 13.4. The molecule has 126 valence electrons. The Labute approximate surface area is 136 Å². The molecule has 23 heavy (non-hydrogen) atoms. The third kappa shape index (κ3) is 4.99. The monoisotopic (exact) mass is 320 g/mol. The van der Waals surface area contributed by atoms with E-state index in [1.807, 2.05) is 12.2 Å². The van der Waals surface area contributed by atoms with Gasteiger partial charge in [0, 0.05) is 6.07 Å². The van der Waals surface area contributed by atoms with Crippen LogP contribution in [0.5, 0.6) is 11.5 Å². The molecule has 0 fully saturated rings. The van der Waals surface area contributed by atoms with Gasteiger partial charge in [0.15, 0.2) is 0 Å². The molecule has 1 aromatic carbocycles. The number of rotatable bonds is 0. The van der Waals surface area contributed by atoms with Gasteiger partial charge in [0.05, 0.1) is 12.2 Å². The van der Waals surface area contributed by atoms with Gasteiger partial charge in [-0.1, -0.05) is 12.2 Å². The zero-order valence-electron chi connectivity index (χ0n) is 13.4. The molecule has 0 amide bonds. The van der Waals surface area contributed by atoms with Crippen LogP contribution in [0.3, 0.4) is 0 Å². The van der Waals surface area contributed by atoms with E-state index >= 15 is 0 Å². The summed E-state index contributed by atoms with van der Waals surface area (Å²) < 4.78 is 5.39. The third-order valence-electron chi connectivity index (χ3n) is 4.02. The molecule has 1 heterocycles. The smallest absolute Gasteiger partial charge is 0.342 e. The molecule has 2 rings (SSSR count). The van der Waals surface area contributed by atoms with Gasteiger partial charge in [-0.15, -0.1) is 0 Å². The zero-order chi connectivity index (χ0) is 16.8. The van der Waals surface area contributed by atoms with Crippen molar-refractivity contribution in [3.8, 4) is 11.5 Å². The molecule has 5 nitrogen and oxygen atoms in total. The van der Waals surface area contributed by atoms with Gasteiger partial charge in [-0.25, -0.2) is 4.79 Å². The normalized spacial score (nSPS) is 23.7. The number of aliphatic hydroxyl groups excluding tert-OH is 1. The Hall–Kier alpha value is -2.01. The Morgan fingerprint density at radius 3 is 2.70 bits per heavy atom. The summed E-state index contributed by atoms with van der Waals surface area (Å²) in [5.74, 6) is -0.948. The molecular formula is C18H24O5. The maximum Gasteiger partial charge on any atom is 0.342 e. The second-order valence-corrected chi connectivity index (χ2v) is 6.05. The fourth-order valence-electron chi connectivity index (χ4n) is 2.77. The van der Waals surface area contributed by atoms with Crippen LogP contribution in [0.2, 0.25) is 0 Å². The summed E-state index contributed by atoms with van der Waals surface area (Å²) in [4.78, 5) is 12.3. The van der Waals surface area contributed by atoms with Crippen LogP contribution >= 0.6 is 0 Å². The highest BCUT2D eigenvalue weighted by Crippen LogP contribution is 2.29. The number of aromatic hydroxyl groups is 2. The number of phenolic OH excluding ortho intramolecular Hbond substituents is 2. The number of fused-ring (bicyclic) bond motifs is 1. The molecule has 5 heteroatoms. The summed E-state index contributed by atoms with van der Waals surface area (Å²) in [6.45, 7) is 1.80. The number of aliphatic hydroxyl groups is 1. The van der Waals surface area contributed by atoms with Gasteiger partial charge in [0.1, 0.15) is 17.1 Å². The van der Waals surface area contributed by atoms with Crippen LogP contribution in [-0.4, -0.2) is 33.5 Å². The van der Waals surface area contributed by atoms with Crippen molar-refractivity contribution in [3.05, 3.63) is 35.4 Å². The van der Waals surface area contributed by atoms with Crippen LogP contribution in [0.15, 0.2) is 24.3 Å². The summed E-state index contributed by atoms with van der Waals surface area (Å²) in [5.41, 5.74) is 0.630. The molecule has 0 aliphatic carbocycles. The maximum atomic E-state index is 12.3. The molecule has 0 unspecified atom stereocenters. The van der Waals surface area contributed by atoms with Gasteiger partial charge in [-0.2, -0.15) is 0 Å². The molecule has 0 bridgehead atoms. The summed E-state index contributed by atoms with van der Waals surface area (Å²) in [6.07, 6.45) is 7.13. The quantitative estimate of drug-likeness (QED) is 0.505. The van der Waals surface area contributed by atoms with Crippen LogP contribution < -0.4 is 0 Å². The molecule has 0 saturated heterocycles. The molecule has 2 atom stereocenters. The number of cyclic esters (lactones) is 1. The van der Waals surface area contributed by atoms with Crippen molar-refractivity contribution >= 4 is 5.97 Å². The number of allylic oxidation sites excluding steroid dienone is 2. The predicted octanol–water partition coefficient (Wildman–Crippen LogP) is 3.07. The lowest BCUT2D eigenvalue weighted by Crippen LogP contribution is -2.17. The van der Waals surface area contributed by atoms with Crippen molar-refractivity contribution in [1.82, 2.24) is 0 Å². The van der Waals surface area contributed by atoms with Crippen molar-refractivity contribution in [2.45, 2.75) is 57.7 Å². The molecule has 3 N–H and O–H groups in total. The predicted molar refractivity (Wildman–Crippen MR) is 86.6 cm³/mol. The first-order valence-corrected chi connectivity index (χ1v) is 8.06. The molecule has 0 spiro atoms. The topological polar surface area (TPSA) is 87.0 Å². The van der Waals surface area contributed by atoms with Gasteiger partial charge in [0.25, 0.3) is 0 Å². The Kier molecular flexibility index (Phi) is 6.04. The first kappa shape index (κ1) is 17.3. The van der Waals surface area contributed by atoms with E-state index in [1.54, 1.807) is 6.92 Å². The van der Waals surface area contributed by atoms with Crippen LogP contribution in [0, 0.1) is 0 Å². The fraction of sp³-hybridized carbons (Fsp3) is 0.500. The standard InChI is InChI=1S/C18H24O5/c1-12-6-5-9-14(19)8-4-2-3-7-13-10-15(20)11-16(21)17(13)18(22)23-12/h2-3,10-12,14,19-21H,4-9H2,1H3/t12-,14-/m0/s1. The van der Waals surface area contributed by atoms with Crippen molar-refractivity contribution < 1.29 is 24.9 Å². The Balaban J connectivity index is 2.29. The van der Waals surface area contributed by atoms with E-state index in [9.17, 15) is 20.1 Å². The van der Waals surface area contributed by atoms with E-state index < -0.39 is 5.97 Å². The average Bonchev–Trinajstić information content (AvgIpc) is 2.45. The minimum absolute atomic E-state index is 0.0907. The first-order valence-electron chi connectivity index (χ1n) is 8.06. The van der Waals surface area contributed by atoms with Crippen LogP contribution in [0.1, 0.15) is 54.9 Å². The minimum atomic E-state index is -0.587. The number of esters is 1. The number of carbonyl (C=O) groups excluding carboxylic acids is 1. The Bertz CT molecular complexity index is 579. The lowest BCUT2D eigenvalue weighted by atomic mass is 10.0. The van der Waals surface area contributed by atoms with Crippen molar-refractivity contribution in [2.24, 2.45) is 0 Å². The van der Waals surface area contributed by atoms with Crippen molar-refractivity contribution in [3.63, 3.8) is 0 Å². The molecule has 0 radical (unpaired) electrons. The third-order valence-corrected chi connectivity index (χ3v) is 4.02. The fourth-order valence-corrected chi connectivity index (χ4v) is 2.77. The lowest BCUT2D eigenvalue weighted by Gasteiger charge is -2.17. The average molecular weight is 320 g/mol. The van der Waals surface area contributed by atoms with Crippen molar-refractivity contribution in [1.29, 1.82) is 0 Å². The van der Waals surface area contributed by atoms with E-state index in [1.165, 1.54) is 6.07 Å². The van der Waals surface area contributed by atoms with Gasteiger partial charge in [0.2, 0.25) is 0 Å². The van der Waals surface area contributed by atoms with Gasteiger partial charge in [-0.05, 0) is 57.1 Å². The summed E-state index contributed by atoms with van der Waals surface area (Å²) in [7, 11) is 0. The van der Waals surface area contributed by atoms with E-state index in [4.69, 9.17) is 4.74 Å². The van der Waals surface area contributed by atoms with E-state index in [2.05, 4.69) is 0 Å². The largest absolute Gasteiger partial charge is 0.508 e. The molecular weight excluding hydrogens is 296 g/mol. The molecule has 0 aromatic heterocycles. The maximum absolute atomic E-state index is 12.3. The molecule has 1 aromatic rings. The van der Waals surface area contributed by atoms with Gasteiger partial charge >= 0.3 is 5.97 Å². The number of phenols is 2. The van der Waals surface area contributed by atoms with Gasteiger partial charge in [-0.3, -0.25) is 0 Å². The van der Waals surface area contributed by atoms with E-state index in [-0.39, 0.29) is 29.3 Å². The molecule has 1 aliphatic rings. The summed E-state index contributed by atoms with van der Waals surface area (Å²) in [5, 5.41) is 29.5. The van der Waals surface area contributed by atoms with Crippen LogP contribution in [0.25, 0.3) is 0 Å². The van der Waals surface area contributed by atoms with Crippen molar-refractivity contribution in [2.75, 3.05) is 0 Å². The minimum Gasteiger partial charge on any atom is -0.508 e. The highest BCUT2D eigenvalue weighted by molar-refractivity contribution is 5.94. The number of hydrogen-bond acceptors (Lipinski definition) is 5. The number of benzene rings is 1. The Morgan fingerprint density at radius 1 is 1.13 bits per heavy atom. The number of hydrogen-bond donors (Lipinski definition) is 3.